The van der Waals surface area contributed by atoms with Crippen LogP contribution in [-0.2, 0) is 9.59 Å². The number of hydrogen-bond acceptors (Lipinski definition) is 6. The lowest BCUT2D eigenvalue weighted by molar-refractivity contribution is -0.138. The molecule has 94 valence electrons. The highest BCUT2D eigenvalue weighted by Crippen LogP contribution is 2.22. The Morgan fingerprint density at radius 1 is 1.59 bits per heavy atom. The summed E-state index contributed by atoms with van der Waals surface area (Å²) in [7, 11) is 0. The molecule has 0 saturated heterocycles. The molecular weight excluding hydrogens is 244 g/mol. The van der Waals surface area contributed by atoms with Crippen molar-refractivity contribution in [2.45, 2.75) is 25.4 Å². The van der Waals surface area contributed by atoms with Crippen molar-refractivity contribution in [2.75, 3.05) is 5.32 Å². The van der Waals surface area contributed by atoms with Gasteiger partial charge in [-0.2, -0.15) is 0 Å². The number of nitrogens with zero attached hydrogens (tertiary/aromatic N) is 1. The molecule has 1 aromatic heterocycles. The first-order valence-corrected chi connectivity index (χ1v) is 5.64. The van der Waals surface area contributed by atoms with Crippen LogP contribution < -0.4 is 16.8 Å². The molecule has 1 amide bonds. The number of nitrogens with two attached hydrogens (primary N) is 2. The first-order chi connectivity index (χ1) is 7.74. The number of rotatable bonds is 5. The third kappa shape index (κ3) is 3.14. The molecule has 1 heterocycles. The van der Waals surface area contributed by atoms with E-state index in [0.717, 1.165) is 0 Å². The van der Waals surface area contributed by atoms with Crippen molar-refractivity contribution in [2.24, 2.45) is 11.5 Å². The molecule has 0 fully saturated rings. The molecule has 0 bridgehead atoms. The summed E-state index contributed by atoms with van der Waals surface area (Å²) in [6, 6.07) is -1.17. The lowest BCUT2D eigenvalue weighted by Gasteiger charge is -2.21. The molecule has 8 heteroatoms. The minimum absolute atomic E-state index is 0.241. The number of carbonyl (C=O) groups excluding carboxylic acids is 1. The number of carboxylic acid groups (broad SMARTS) is 1. The van der Waals surface area contributed by atoms with E-state index in [9.17, 15) is 9.59 Å². The van der Waals surface area contributed by atoms with Crippen molar-refractivity contribution < 1.29 is 14.7 Å². The molecular formula is C9H14N4O3S. The van der Waals surface area contributed by atoms with Gasteiger partial charge >= 0.3 is 5.97 Å². The van der Waals surface area contributed by atoms with E-state index in [0.29, 0.717) is 5.13 Å². The molecule has 17 heavy (non-hydrogen) atoms. The average Bonchev–Trinajstić information content (AvgIpc) is 2.63. The Morgan fingerprint density at radius 2 is 2.18 bits per heavy atom. The number of carbonyl (C=O) groups is 2. The van der Waals surface area contributed by atoms with Gasteiger partial charge in [0.2, 0.25) is 5.91 Å². The third-order valence-electron chi connectivity index (χ3n) is 2.14. The molecule has 0 aliphatic heterocycles. The predicted octanol–water partition coefficient (Wildman–Crippen LogP) is -0.0967. The summed E-state index contributed by atoms with van der Waals surface area (Å²) in [6.45, 7) is 3.21. The second-order valence-corrected chi connectivity index (χ2v) is 4.87. The van der Waals surface area contributed by atoms with Gasteiger partial charge in [-0.05, 0) is 13.8 Å². The van der Waals surface area contributed by atoms with Gasteiger partial charge in [0.15, 0.2) is 5.13 Å². The van der Waals surface area contributed by atoms with E-state index in [1.165, 1.54) is 16.7 Å². The summed E-state index contributed by atoms with van der Waals surface area (Å²) < 4.78 is 0. The van der Waals surface area contributed by atoms with E-state index < -0.39 is 23.5 Å². The maximum absolute atomic E-state index is 11.1. The van der Waals surface area contributed by atoms with Crippen LogP contribution in [0.4, 0.5) is 5.13 Å². The Morgan fingerprint density at radius 3 is 2.65 bits per heavy atom. The molecule has 0 aliphatic rings. The lowest BCUT2D eigenvalue weighted by Crippen LogP contribution is -2.45. The quantitative estimate of drug-likeness (QED) is 0.583. The van der Waals surface area contributed by atoms with Crippen LogP contribution >= 0.6 is 11.3 Å². The largest absolute Gasteiger partial charge is 0.480 e. The number of primary amides is 1. The van der Waals surface area contributed by atoms with Crippen molar-refractivity contribution in [3.05, 3.63) is 11.1 Å². The van der Waals surface area contributed by atoms with Gasteiger partial charge < -0.3 is 21.9 Å². The molecule has 0 spiro atoms. The molecule has 1 rings (SSSR count). The molecule has 0 radical (unpaired) electrons. The molecule has 1 unspecified atom stereocenters. The van der Waals surface area contributed by atoms with Crippen LogP contribution in [0.25, 0.3) is 0 Å². The Labute approximate surface area is 102 Å². The number of anilines is 1. The van der Waals surface area contributed by atoms with Crippen LogP contribution in [0, 0.1) is 0 Å². The fraction of sp³-hybridized carbons (Fsp3) is 0.444. The van der Waals surface area contributed by atoms with Crippen LogP contribution in [0.1, 0.15) is 25.6 Å². The molecule has 7 nitrogen and oxygen atoms in total. The Bertz CT molecular complexity index is 443. The molecule has 0 aromatic carbocycles. The highest BCUT2D eigenvalue weighted by molar-refractivity contribution is 7.13. The number of nitrogens with one attached hydrogen (secondary N) is 1. The van der Waals surface area contributed by atoms with Crippen LogP contribution in [-0.4, -0.2) is 27.5 Å². The van der Waals surface area contributed by atoms with Gasteiger partial charge in [0, 0.05) is 5.38 Å². The normalized spacial score (nSPS) is 13.1. The van der Waals surface area contributed by atoms with Gasteiger partial charge in [-0.1, -0.05) is 0 Å². The molecule has 1 aromatic rings. The van der Waals surface area contributed by atoms with E-state index in [-0.39, 0.29) is 5.69 Å². The van der Waals surface area contributed by atoms with Gasteiger partial charge in [-0.25, -0.2) is 4.98 Å². The standard InChI is InChI=1S/C9H14N4O3S/c1-9(2,7(11)16)13-8-12-4(3-17-8)5(10)6(14)15/h3,5H,10H2,1-2H3,(H2,11,16)(H,12,13)(H,14,15). The first-order valence-electron chi connectivity index (χ1n) is 4.76. The second kappa shape index (κ2) is 4.68. The van der Waals surface area contributed by atoms with E-state index >= 15 is 0 Å². The van der Waals surface area contributed by atoms with Gasteiger partial charge in [0.1, 0.15) is 11.6 Å². The highest BCUT2D eigenvalue weighted by Gasteiger charge is 2.26. The number of hydrogen-bond donors (Lipinski definition) is 4. The van der Waals surface area contributed by atoms with Gasteiger partial charge in [-0.15, -0.1) is 11.3 Å². The molecule has 6 N–H and O–H groups in total. The zero-order valence-corrected chi connectivity index (χ0v) is 10.2. The number of amides is 1. The fourth-order valence-corrected chi connectivity index (χ4v) is 1.85. The summed E-state index contributed by atoms with van der Waals surface area (Å²) in [5.41, 5.74) is 9.87. The van der Waals surface area contributed by atoms with Crippen LogP contribution in [0.15, 0.2) is 5.38 Å². The first kappa shape index (κ1) is 13.4. The Hall–Kier alpha value is -1.67. The number of aromatic nitrogens is 1. The molecule has 0 saturated carbocycles. The third-order valence-corrected chi connectivity index (χ3v) is 2.92. The highest BCUT2D eigenvalue weighted by atomic mass is 32.1. The van der Waals surface area contributed by atoms with E-state index in [1.807, 2.05) is 0 Å². The minimum Gasteiger partial charge on any atom is -0.480 e. The summed E-state index contributed by atoms with van der Waals surface area (Å²) >= 11 is 1.17. The zero-order chi connectivity index (χ0) is 13.2. The molecule has 1 atom stereocenters. The predicted molar refractivity (Wildman–Crippen MR) is 63.6 cm³/mol. The topological polar surface area (TPSA) is 131 Å². The average molecular weight is 258 g/mol. The maximum Gasteiger partial charge on any atom is 0.326 e. The van der Waals surface area contributed by atoms with Crippen LogP contribution in [0.2, 0.25) is 0 Å². The van der Waals surface area contributed by atoms with Crippen molar-refractivity contribution in [3.8, 4) is 0 Å². The monoisotopic (exact) mass is 258 g/mol. The maximum atomic E-state index is 11.1. The SMILES string of the molecule is CC(C)(Nc1nc(C(N)C(=O)O)cs1)C(N)=O. The van der Waals surface area contributed by atoms with Gasteiger partial charge in [-0.3, -0.25) is 9.59 Å². The zero-order valence-electron chi connectivity index (χ0n) is 9.43. The molecule has 0 aliphatic carbocycles. The second-order valence-electron chi connectivity index (χ2n) is 4.01. The fourth-order valence-electron chi connectivity index (χ4n) is 0.942. The minimum atomic E-state index is -1.17. The van der Waals surface area contributed by atoms with Gasteiger partial charge in [0.25, 0.3) is 0 Å². The van der Waals surface area contributed by atoms with E-state index in [2.05, 4.69) is 10.3 Å². The lowest BCUT2D eigenvalue weighted by atomic mass is 10.1. The van der Waals surface area contributed by atoms with Gasteiger partial charge in [0.05, 0.1) is 5.69 Å². The van der Waals surface area contributed by atoms with Crippen molar-refractivity contribution in [1.29, 1.82) is 0 Å². The number of carboxylic acids is 1. The summed E-state index contributed by atoms with van der Waals surface area (Å²) in [4.78, 5) is 25.7. The Kier molecular flexibility index (Phi) is 3.69. The number of thiazole rings is 1. The smallest absolute Gasteiger partial charge is 0.326 e. The van der Waals surface area contributed by atoms with Crippen molar-refractivity contribution >= 4 is 28.3 Å². The van der Waals surface area contributed by atoms with E-state index in [1.54, 1.807) is 13.8 Å². The van der Waals surface area contributed by atoms with Crippen LogP contribution in [0.3, 0.4) is 0 Å². The van der Waals surface area contributed by atoms with Crippen molar-refractivity contribution in [3.63, 3.8) is 0 Å². The number of aliphatic carboxylic acids is 1. The van der Waals surface area contributed by atoms with Crippen molar-refractivity contribution in [1.82, 2.24) is 4.98 Å². The summed E-state index contributed by atoms with van der Waals surface area (Å²) in [5, 5.41) is 13.5. The summed E-state index contributed by atoms with van der Waals surface area (Å²) in [5.74, 6) is -1.69. The summed E-state index contributed by atoms with van der Waals surface area (Å²) in [6.07, 6.45) is 0. The van der Waals surface area contributed by atoms with E-state index in [4.69, 9.17) is 16.6 Å². The van der Waals surface area contributed by atoms with Crippen LogP contribution in [0.5, 0.6) is 0 Å². The Balaban J connectivity index is 2.83.